The number of halogens is 1. The molecular formula is C11H14ClN. The van der Waals surface area contributed by atoms with Crippen LogP contribution in [0.5, 0.6) is 0 Å². The van der Waals surface area contributed by atoms with Crippen LogP contribution < -0.4 is 5.73 Å². The zero-order chi connectivity index (χ0) is 9.90. The Balaban J connectivity index is 2.93. The van der Waals surface area contributed by atoms with Gasteiger partial charge in [-0.3, -0.25) is 0 Å². The second-order valence-corrected chi connectivity index (χ2v) is 3.85. The van der Waals surface area contributed by atoms with E-state index in [1.165, 1.54) is 0 Å². The monoisotopic (exact) mass is 195 g/mol. The fourth-order valence-corrected chi connectivity index (χ4v) is 1.37. The molecule has 0 amide bonds. The van der Waals surface area contributed by atoms with Crippen LogP contribution >= 0.6 is 11.6 Å². The number of benzene rings is 1. The molecule has 0 saturated heterocycles. The van der Waals surface area contributed by atoms with Crippen molar-refractivity contribution in [3.8, 4) is 0 Å². The van der Waals surface area contributed by atoms with E-state index in [9.17, 15) is 0 Å². The summed E-state index contributed by atoms with van der Waals surface area (Å²) in [4.78, 5) is 0. The lowest BCUT2D eigenvalue weighted by Gasteiger charge is -2.23. The van der Waals surface area contributed by atoms with Gasteiger partial charge in [0.2, 0.25) is 0 Å². The Morgan fingerprint density at radius 2 is 2.00 bits per heavy atom. The molecule has 70 valence electrons. The van der Waals surface area contributed by atoms with E-state index < -0.39 is 0 Å². The fraction of sp³-hybridized carbons (Fsp3) is 0.273. The van der Waals surface area contributed by atoms with Crippen LogP contribution in [0.25, 0.3) is 0 Å². The summed E-state index contributed by atoms with van der Waals surface area (Å²) in [5.74, 6) is 0. The van der Waals surface area contributed by atoms with E-state index in [-0.39, 0.29) is 5.54 Å². The minimum absolute atomic E-state index is 0.341. The van der Waals surface area contributed by atoms with E-state index in [0.717, 1.165) is 17.0 Å². The summed E-state index contributed by atoms with van der Waals surface area (Å²) in [5.41, 5.74) is 6.82. The smallest absolute Gasteiger partial charge is 0.0415 e. The summed E-state index contributed by atoms with van der Waals surface area (Å²) in [6, 6.07) is 7.61. The molecule has 0 aliphatic carbocycles. The maximum atomic E-state index is 6.08. The lowest BCUT2D eigenvalue weighted by atomic mass is 9.90. The Hall–Kier alpha value is -0.790. The van der Waals surface area contributed by atoms with E-state index in [1.54, 1.807) is 0 Å². The highest BCUT2D eigenvalue weighted by Crippen LogP contribution is 2.23. The van der Waals surface area contributed by atoms with Gasteiger partial charge < -0.3 is 5.73 Å². The van der Waals surface area contributed by atoms with Crippen molar-refractivity contribution in [1.82, 2.24) is 0 Å². The van der Waals surface area contributed by atoms with Crippen molar-refractivity contribution < 1.29 is 0 Å². The average molecular weight is 196 g/mol. The van der Waals surface area contributed by atoms with Crippen LogP contribution in [0, 0.1) is 0 Å². The van der Waals surface area contributed by atoms with Gasteiger partial charge in [0.25, 0.3) is 0 Å². The SMILES string of the molecule is C=CC[C@](C)(N)c1ccc(Cl)cc1. The van der Waals surface area contributed by atoms with Crippen LogP contribution in [0.4, 0.5) is 0 Å². The zero-order valence-electron chi connectivity index (χ0n) is 7.76. The molecule has 0 heterocycles. The van der Waals surface area contributed by atoms with Gasteiger partial charge in [-0.05, 0) is 31.0 Å². The third kappa shape index (κ3) is 2.58. The molecule has 1 aromatic carbocycles. The van der Waals surface area contributed by atoms with Crippen molar-refractivity contribution >= 4 is 11.6 Å². The quantitative estimate of drug-likeness (QED) is 0.738. The van der Waals surface area contributed by atoms with E-state index >= 15 is 0 Å². The third-order valence-electron chi connectivity index (χ3n) is 2.07. The van der Waals surface area contributed by atoms with Crippen LogP contribution in [0.1, 0.15) is 18.9 Å². The van der Waals surface area contributed by atoms with Gasteiger partial charge in [0.15, 0.2) is 0 Å². The van der Waals surface area contributed by atoms with Gasteiger partial charge in [-0.15, -0.1) is 6.58 Å². The lowest BCUT2D eigenvalue weighted by Crippen LogP contribution is -2.32. The van der Waals surface area contributed by atoms with E-state index in [2.05, 4.69) is 6.58 Å². The molecular weight excluding hydrogens is 182 g/mol. The summed E-state index contributed by atoms with van der Waals surface area (Å²) in [7, 11) is 0. The van der Waals surface area contributed by atoms with Crippen LogP contribution in [0.2, 0.25) is 5.02 Å². The van der Waals surface area contributed by atoms with Crippen molar-refractivity contribution in [3.05, 3.63) is 47.5 Å². The summed E-state index contributed by atoms with van der Waals surface area (Å²) < 4.78 is 0. The normalized spacial score (nSPS) is 15.0. The average Bonchev–Trinajstić information content (AvgIpc) is 2.05. The lowest BCUT2D eigenvalue weighted by molar-refractivity contribution is 0.502. The largest absolute Gasteiger partial charge is 0.321 e. The number of rotatable bonds is 3. The molecule has 1 atom stereocenters. The Bertz CT molecular complexity index is 287. The van der Waals surface area contributed by atoms with Crippen molar-refractivity contribution in [2.75, 3.05) is 0 Å². The maximum Gasteiger partial charge on any atom is 0.0415 e. The molecule has 0 unspecified atom stereocenters. The van der Waals surface area contributed by atoms with Gasteiger partial charge in [0.05, 0.1) is 0 Å². The number of hydrogen-bond donors (Lipinski definition) is 1. The highest BCUT2D eigenvalue weighted by atomic mass is 35.5. The second-order valence-electron chi connectivity index (χ2n) is 3.42. The van der Waals surface area contributed by atoms with Crippen molar-refractivity contribution in [3.63, 3.8) is 0 Å². The predicted octanol–water partition coefficient (Wildman–Crippen LogP) is 3.09. The molecule has 1 nitrogen and oxygen atoms in total. The van der Waals surface area contributed by atoms with Gasteiger partial charge in [-0.2, -0.15) is 0 Å². The summed E-state index contributed by atoms with van der Waals surface area (Å²) in [5, 5.41) is 0.734. The highest BCUT2D eigenvalue weighted by Gasteiger charge is 2.18. The van der Waals surface area contributed by atoms with Crippen molar-refractivity contribution in [1.29, 1.82) is 0 Å². The summed E-state index contributed by atoms with van der Waals surface area (Å²) in [6.07, 6.45) is 2.59. The molecule has 2 heteroatoms. The molecule has 0 aliphatic heterocycles. The molecule has 0 radical (unpaired) electrons. The molecule has 0 fully saturated rings. The fourth-order valence-electron chi connectivity index (χ4n) is 1.25. The van der Waals surface area contributed by atoms with Gasteiger partial charge in [0, 0.05) is 10.6 Å². The first-order valence-corrected chi connectivity index (χ1v) is 4.60. The van der Waals surface area contributed by atoms with Crippen molar-refractivity contribution in [2.45, 2.75) is 18.9 Å². The van der Waals surface area contributed by atoms with Crippen molar-refractivity contribution in [2.24, 2.45) is 5.73 Å². The molecule has 0 aliphatic rings. The Kier molecular flexibility index (Phi) is 3.12. The predicted molar refractivity (Wildman–Crippen MR) is 57.8 cm³/mol. The third-order valence-corrected chi connectivity index (χ3v) is 2.32. The molecule has 0 bridgehead atoms. The maximum absolute atomic E-state index is 6.08. The van der Waals surface area contributed by atoms with Gasteiger partial charge in [-0.25, -0.2) is 0 Å². The van der Waals surface area contributed by atoms with Gasteiger partial charge >= 0.3 is 0 Å². The van der Waals surface area contributed by atoms with Gasteiger partial charge in [0.1, 0.15) is 0 Å². The molecule has 1 aromatic rings. The van der Waals surface area contributed by atoms with E-state index in [1.807, 2.05) is 37.3 Å². The molecule has 0 spiro atoms. The number of hydrogen-bond acceptors (Lipinski definition) is 1. The standard InChI is InChI=1S/C11H14ClN/c1-3-8-11(2,13)9-4-6-10(12)7-5-9/h3-7H,1,8,13H2,2H3/t11-/m0/s1. The first-order chi connectivity index (χ1) is 6.06. The molecule has 0 saturated carbocycles. The molecule has 13 heavy (non-hydrogen) atoms. The Labute approximate surface area is 84.2 Å². The minimum Gasteiger partial charge on any atom is -0.321 e. The Morgan fingerprint density at radius 1 is 1.46 bits per heavy atom. The Morgan fingerprint density at radius 3 is 2.46 bits per heavy atom. The molecule has 0 aromatic heterocycles. The topological polar surface area (TPSA) is 26.0 Å². The van der Waals surface area contributed by atoms with Crippen LogP contribution in [0.3, 0.4) is 0 Å². The van der Waals surface area contributed by atoms with Crippen LogP contribution in [-0.2, 0) is 5.54 Å². The highest BCUT2D eigenvalue weighted by molar-refractivity contribution is 6.30. The van der Waals surface area contributed by atoms with Crippen LogP contribution in [-0.4, -0.2) is 0 Å². The molecule has 1 rings (SSSR count). The minimum atomic E-state index is -0.341. The first kappa shape index (κ1) is 10.3. The summed E-state index contributed by atoms with van der Waals surface area (Å²) in [6.45, 7) is 5.67. The van der Waals surface area contributed by atoms with E-state index in [4.69, 9.17) is 17.3 Å². The summed E-state index contributed by atoms with van der Waals surface area (Å²) >= 11 is 5.78. The molecule has 2 N–H and O–H groups in total. The van der Waals surface area contributed by atoms with E-state index in [0.29, 0.717) is 0 Å². The first-order valence-electron chi connectivity index (χ1n) is 4.22. The van der Waals surface area contributed by atoms with Gasteiger partial charge in [-0.1, -0.05) is 29.8 Å². The van der Waals surface area contributed by atoms with Crippen LogP contribution in [0.15, 0.2) is 36.9 Å². The second kappa shape index (κ2) is 3.95. The number of nitrogens with two attached hydrogens (primary N) is 1. The zero-order valence-corrected chi connectivity index (χ0v) is 8.51.